The van der Waals surface area contributed by atoms with Gasteiger partial charge in [-0.1, -0.05) is 6.58 Å². The minimum atomic E-state index is -3.55. The van der Waals surface area contributed by atoms with E-state index in [1.807, 2.05) is 0 Å². The highest BCUT2D eigenvalue weighted by Crippen LogP contribution is 2.34. The lowest BCUT2D eigenvalue weighted by atomic mass is 10.2. The van der Waals surface area contributed by atoms with Gasteiger partial charge in [0.1, 0.15) is 5.75 Å². The highest BCUT2D eigenvalue weighted by Gasteiger charge is 2.33. The Hall–Kier alpha value is -2.38. The highest BCUT2D eigenvalue weighted by molar-refractivity contribution is 5.76. The van der Waals surface area contributed by atoms with Gasteiger partial charge >= 0.3 is 12.5 Å². The quantitative estimate of drug-likeness (QED) is 0.693. The molecule has 1 aromatic carbocycles. The van der Waals surface area contributed by atoms with Crippen molar-refractivity contribution in [2.75, 3.05) is 0 Å². The van der Waals surface area contributed by atoms with Crippen molar-refractivity contribution in [2.24, 2.45) is 0 Å². The van der Waals surface area contributed by atoms with E-state index in [2.05, 4.69) is 21.3 Å². The van der Waals surface area contributed by atoms with Crippen LogP contribution in [0.4, 0.5) is 17.6 Å². The van der Waals surface area contributed by atoms with Gasteiger partial charge in [0.25, 0.3) is 0 Å². The predicted octanol–water partition coefficient (Wildman–Crippen LogP) is 3.21. The number of aromatic hydroxyl groups is 1. The van der Waals surface area contributed by atoms with E-state index >= 15 is 0 Å². The van der Waals surface area contributed by atoms with Crippen molar-refractivity contribution in [3.05, 3.63) is 36.5 Å². The van der Waals surface area contributed by atoms with Gasteiger partial charge in [-0.3, -0.25) is 0 Å². The van der Waals surface area contributed by atoms with Crippen molar-refractivity contribution in [2.45, 2.75) is 12.5 Å². The maximum atomic E-state index is 13.4. The molecule has 0 aliphatic rings. The molecule has 20 heavy (non-hydrogen) atoms. The molecule has 0 aliphatic carbocycles. The molecule has 0 unspecified atom stereocenters. The molecule has 0 amide bonds. The Kier molecular flexibility index (Phi) is 3.47. The summed E-state index contributed by atoms with van der Waals surface area (Å²) in [6.07, 6.45) is 0.316. The molecule has 8 heteroatoms. The lowest BCUT2D eigenvalue weighted by Crippen LogP contribution is -2.12. The third-order valence-corrected chi connectivity index (χ3v) is 2.41. The van der Waals surface area contributed by atoms with Crippen LogP contribution in [0, 0.1) is 0 Å². The largest absolute Gasteiger partial charge is 0.492 e. The number of hydrogen-bond acceptors (Lipinski definition) is 4. The summed E-state index contributed by atoms with van der Waals surface area (Å²) in [5, 5.41) is 9.46. The van der Waals surface area contributed by atoms with Crippen molar-refractivity contribution < 1.29 is 27.4 Å². The molecule has 1 N–H and O–H groups in total. The SMILES string of the molecule is C=CC(F)(F)c1nc2ccc(OC(F)F)cc2nc1O. The molecule has 0 radical (unpaired) electrons. The molecule has 0 spiro atoms. The third kappa shape index (κ3) is 2.63. The Morgan fingerprint density at radius 2 is 1.95 bits per heavy atom. The fourth-order valence-electron chi connectivity index (χ4n) is 1.52. The van der Waals surface area contributed by atoms with Gasteiger partial charge in [0.15, 0.2) is 5.69 Å². The zero-order valence-electron chi connectivity index (χ0n) is 9.86. The van der Waals surface area contributed by atoms with Gasteiger partial charge in [-0.15, -0.1) is 0 Å². The number of allylic oxidation sites excluding steroid dienone is 1. The van der Waals surface area contributed by atoms with E-state index in [4.69, 9.17) is 0 Å². The molecule has 1 heterocycles. The first-order valence-electron chi connectivity index (χ1n) is 5.31. The van der Waals surface area contributed by atoms with Crippen LogP contribution < -0.4 is 4.74 Å². The molecule has 2 rings (SSSR count). The number of fused-ring (bicyclic) bond motifs is 1. The van der Waals surface area contributed by atoms with Gasteiger partial charge in [-0.2, -0.15) is 17.6 Å². The number of alkyl halides is 4. The number of halogens is 4. The van der Waals surface area contributed by atoms with Crippen LogP contribution in [0.15, 0.2) is 30.9 Å². The minimum Gasteiger partial charge on any atom is -0.492 e. The summed E-state index contributed by atoms with van der Waals surface area (Å²) in [5.74, 6) is -4.77. The maximum Gasteiger partial charge on any atom is 0.387 e. The highest BCUT2D eigenvalue weighted by atomic mass is 19.3. The van der Waals surface area contributed by atoms with E-state index in [0.717, 1.165) is 12.1 Å². The fraction of sp³-hybridized carbons (Fsp3) is 0.167. The molecular formula is C12H8F4N2O2. The molecule has 4 nitrogen and oxygen atoms in total. The summed E-state index contributed by atoms with van der Waals surface area (Å²) in [5.41, 5.74) is -1.01. The second kappa shape index (κ2) is 4.95. The Morgan fingerprint density at radius 3 is 2.55 bits per heavy atom. The van der Waals surface area contributed by atoms with E-state index in [1.165, 1.54) is 6.07 Å². The van der Waals surface area contributed by atoms with Crippen LogP contribution in [0.1, 0.15) is 5.69 Å². The maximum absolute atomic E-state index is 13.4. The molecule has 0 aliphatic heterocycles. The zero-order chi connectivity index (χ0) is 14.9. The van der Waals surface area contributed by atoms with Crippen molar-refractivity contribution in [1.29, 1.82) is 0 Å². The zero-order valence-corrected chi connectivity index (χ0v) is 9.86. The first-order chi connectivity index (χ1) is 9.33. The number of ether oxygens (including phenoxy) is 1. The molecular weight excluding hydrogens is 280 g/mol. The molecule has 0 atom stereocenters. The average Bonchev–Trinajstić information content (AvgIpc) is 2.36. The van der Waals surface area contributed by atoms with Crippen LogP contribution in [0.5, 0.6) is 11.6 Å². The number of aromatic nitrogens is 2. The first kappa shape index (κ1) is 14.0. The lowest BCUT2D eigenvalue weighted by molar-refractivity contribution is -0.0497. The molecule has 2 aromatic rings. The molecule has 0 saturated heterocycles. The van der Waals surface area contributed by atoms with Gasteiger partial charge in [0.05, 0.1) is 11.0 Å². The normalized spacial score (nSPS) is 11.8. The topological polar surface area (TPSA) is 55.2 Å². The standard InChI is InChI=1S/C12H8F4N2O2/c1-2-12(15,16)9-10(19)18-8-5-6(20-11(13)14)3-4-7(8)17-9/h2-5,11H,1H2,(H,18,19). The summed E-state index contributed by atoms with van der Waals surface area (Å²) >= 11 is 0. The molecule has 0 fully saturated rings. The predicted molar refractivity (Wildman–Crippen MR) is 61.9 cm³/mol. The van der Waals surface area contributed by atoms with Crippen LogP contribution in [-0.4, -0.2) is 21.7 Å². The number of hydrogen-bond donors (Lipinski definition) is 1. The van der Waals surface area contributed by atoms with Gasteiger partial charge in [0.2, 0.25) is 5.88 Å². The number of rotatable bonds is 4. The summed E-state index contributed by atoms with van der Waals surface area (Å²) in [6.45, 7) is -0.0848. The van der Waals surface area contributed by atoms with E-state index in [-0.39, 0.29) is 16.8 Å². The second-order valence-electron chi connectivity index (χ2n) is 3.75. The van der Waals surface area contributed by atoms with E-state index in [1.54, 1.807) is 0 Å². The summed E-state index contributed by atoms with van der Waals surface area (Å²) < 4.78 is 55.1. The Labute approximate surface area is 110 Å². The van der Waals surface area contributed by atoms with Crippen LogP contribution in [-0.2, 0) is 5.92 Å². The summed E-state index contributed by atoms with van der Waals surface area (Å²) in [6, 6.07) is 3.38. The van der Waals surface area contributed by atoms with E-state index in [0.29, 0.717) is 6.08 Å². The fourth-order valence-corrected chi connectivity index (χ4v) is 1.52. The van der Waals surface area contributed by atoms with E-state index in [9.17, 15) is 22.7 Å². The number of nitrogens with zero attached hydrogens (tertiary/aromatic N) is 2. The van der Waals surface area contributed by atoms with Crippen LogP contribution >= 0.6 is 0 Å². The first-order valence-corrected chi connectivity index (χ1v) is 5.31. The molecule has 1 aromatic heterocycles. The summed E-state index contributed by atoms with van der Waals surface area (Å²) in [4.78, 5) is 7.06. The summed E-state index contributed by atoms with van der Waals surface area (Å²) in [7, 11) is 0. The minimum absolute atomic E-state index is 0.000872. The van der Waals surface area contributed by atoms with Crippen molar-refractivity contribution in [1.82, 2.24) is 9.97 Å². The molecule has 0 saturated carbocycles. The van der Waals surface area contributed by atoms with Crippen LogP contribution in [0.3, 0.4) is 0 Å². The molecule has 106 valence electrons. The van der Waals surface area contributed by atoms with Crippen molar-refractivity contribution in [3.63, 3.8) is 0 Å². The Bertz CT molecular complexity index is 661. The van der Waals surface area contributed by atoms with Gasteiger partial charge in [-0.05, 0) is 18.2 Å². The monoisotopic (exact) mass is 288 g/mol. The van der Waals surface area contributed by atoms with E-state index < -0.39 is 24.1 Å². The van der Waals surface area contributed by atoms with Gasteiger partial charge in [-0.25, -0.2) is 9.97 Å². The molecule has 0 bridgehead atoms. The third-order valence-electron chi connectivity index (χ3n) is 2.41. The van der Waals surface area contributed by atoms with Crippen molar-refractivity contribution >= 4 is 11.0 Å². The van der Waals surface area contributed by atoms with Gasteiger partial charge < -0.3 is 9.84 Å². The number of benzene rings is 1. The van der Waals surface area contributed by atoms with Crippen LogP contribution in [0.25, 0.3) is 11.0 Å². The van der Waals surface area contributed by atoms with Crippen molar-refractivity contribution in [3.8, 4) is 11.6 Å². The van der Waals surface area contributed by atoms with Gasteiger partial charge in [0, 0.05) is 6.07 Å². The lowest BCUT2D eigenvalue weighted by Gasteiger charge is -2.12. The Balaban J connectivity index is 2.54. The second-order valence-corrected chi connectivity index (χ2v) is 3.75. The van der Waals surface area contributed by atoms with Crippen LogP contribution in [0.2, 0.25) is 0 Å². The average molecular weight is 288 g/mol. The smallest absolute Gasteiger partial charge is 0.387 e. The Morgan fingerprint density at radius 1 is 1.25 bits per heavy atom.